The molecule has 13 heavy (non-hydrogen) atoms. The van der Waals surface area contributed by atoms with Gasteiger partial charge in [-0.3, -0.25) is 4.79 Å². The van der Waals surface area contributed by atoms with Crippen LogP contribution in [0.1, 0.15) is 5.56 Å². The van der Waals surface area contributed by atoms with Crippen LogP contribution in [0, 0.1) is 11.8 Å². The molecule has 0 radical (unpaired) electrons. The molecule has 0 bridgehead atoms. The highest BCUT2D eigenvalue weighted by molar-refractivity contribution is 9.10. The summed E-state index contributed by atoms with van der Waals surface area (Å²) in [6.45, 7) is 0. The standard InChI is InChI=1S/C9H5BrClNO/c10-8-3-2-7(11)5-6(8)1-4-9(12)13/h2-3,5H,(H2,12,13). The van der Waals surface area contributed by atoms with Gasteiger partial charge in [0.05, 0.1) is 0 Å². The first kappa shape index (κ1) is 10.1. The number of hydrogen-bond donors (Lipinski definition) is 1. The molecule has 0 saturated carbocycles. The van der Waals surface area contributed by atoms with Crippen LogP contribution in [0.15, 0.2) is 22.7 Å². The van der Waals surface area contributed by atoms with E-state index in [4.69, 9.17) is 17.3 Å². The molecule has 1 aromatic rings. The van der Waals surface area contributed by atoms with Crippen LogP contribution in [0.3, 0.4) is 0 Å². The average Bonchev–Trinajstić information content (AvgIpc) is 2.06. The molecule has 0 aliphatic heterocycles. The Hall–Kier alpha value is -0.980. The second kappa shape index (κ2) is 4.31. The highest BCUT2D eigenvalue weighted by Gasteiger charge is 1.96. The lowest BCUT2D eigenvalue weighted by Crippen LogP contribution is -2.06. The molecule has 0 fully saturated rings. The smallest absolute Gasteiger partial charge is 0.293 e. The number of amides is 1. The molecule has 4 heteroatoms. The monoisotopic (exact) mass is 257 g/mol. The van der Waals surface area contributed by atoms with Crippen molar-refractivity contribution >= 4 is 33.4 Å². The molecular formula is C9H5BrClNO. The van der Waals surface area contributed by atoms with E-state index in [0.717, 1.165) is 4.47 Å². The Morgan fingerprint density at radius 2 is 2.23 bits per heavy atom. The number of carbonyl (C=O) groups excluding carboxylic acids is 1. The summed E-state index contributed by atoms with van der Waals surface area (Å²) in [5, 5.41) is 0.567. The van der Waals surface area contributed by atoms with E-state index >= 15 is 0 Å². The van der Waals surface area contributed by atoms with Crippen LogP contribution >= 0.6 is 27.5 Å². The third kappa shape index (κ3) is 3.10. The quantitative estimate of drug-likeness (QED) is 0.710. The molecule has 2 nitrogen and oxygen atoms in total. The minimum absolute atomic E-state index is 0.567. The summed E-state index contributed by atoms with van der Waals surface area (Å²) in [6.07, 6.45) is 0. The van der Waals surface area contributed by atoms with Gasteiger partial charge in [-0.15, -0.1) is 0 Å². The van der Waals surface area contributed by atoms with Crippen molar-refractivity contribution in [3.63, 3.8) is 0 Å². The zero-order chi connectivity index (χ0) is 9.84. The van der Waals surface area contributed by atoms with Gasteiger partial charge in [0, 0.05) is 21.0 Å². The Bertz CT molecular complexity index is 406. The maximum Gasteiger partial charge on any atom is 0.293 e. The van der Waals surface area contributed by atoms with E-state index < -0.39 is 5.91 Å². The predicted molar refractivity (Wildman–Crippen MR) is 55.2 cm³/mol. The Morgan fingerprint density at radius 1 is 1.54 bits per heavy atom. The lowest BCUT2D eigenvalue weighted by Gasteiger charge is -1.95. The maximum atomic E-state index is 10.4. The van der Waals surface area contributed by atoms with Gasteiger partial charge in [0.15, 0.2) is 0 Å². The molecule has 66 valence electrons. The number of primary amides is 1. The topological polar surface area (TPSA) is 43.1 Å². The second-order valence-corrected chi connectivity index (χ2v) is 3.53. The van der Waals surface area contributed by atoms with Crippen molar-refractivity contribution in [1.29, 1.82) is 0 Å². The summed E-state index contributed by atoms with van der Waals surface area (Å²) >= 11 is 8.99. The molecule has 0 atom stereocenters. The molecular weight excluding hydrogens is 253 g/mol. The van der Waals surface area contributed by atoms with E-state index in [-0.39, 0.29) is 0 Å². The molecule has 0 aliphatic rings. The minimum atomic E-state index is -0.660. The van der Waals surface area contributed by atoms with Crippen molar-refractivity contribution in [2.75, 3.05) is 0 Å². The summed E-state index contributed by atoms with van der Waals surface area (Å²) in [5.41, 5.74) is 5.51. The molecule has 0 heterocycles. The Balaban J connectivity index is 3.09. The molecule has 1 amide bonds. The van der Waals surface area contributed by atoms with E-state index in [1.165, 1.54) is 0 Å². The molecule has 0 spiro atoms. The summed E-state index contributed by atoms with van der Waals surface area (Å²) in [6, 6.07) is 5.13. The largest absolute Gasteiger partial charge is 0.359 e. The summed E-state index contributed by atoms with van der Waals surface area (Å²) in [4.78, 5) is 10.4. The van der Waals surface area contributed by atoms with Crippen molar-refractivity contribution in [2.24, 2.45) is 5.73 Å². The summed E-state index contributed by atoms with van der Waals surface area (Å²) in [7, 11) is 0. The fraction of sp³-hybridized carbons (Fsp3) is 0. The Morgan fingerprint density at radius 3 is 2.85 bits per heavy atom. The van der Waals surface area contributed by atoms with Crippen LogP contribution in [0.4, 0.5) is 0 Å². The number of rotatable bonds is 0. The van der Waals surface area contributed by atoms with Gasteiger partial charge in [-0.1, -0.05) is 17.5 Å². The third-order valence-electron chi connectivity index (χ3n) is 1.25. The highest BCUT2D eigenvalue weighted by atomic mass is 79.9. The minimum Gasteiger partial charge on any atom is -0.359 e. The summed E-state index contributed by atoms with van der Waals surface area (Å²) in [5.74, 6) is 4.17. The maximum absolute atomic E-state index is 10.4. The van der Waals surface area contributed by atoms with Crippen molar-refractivity contribution in [3.05, 3.63) is 33.3 Å². The van der Waals surface area contributed by atoms with Gasteiger partial charge in [0.1, 0.15) is 0 Å². The van der Waals surface area contributed by atoms with Crippen LogP contribution in [0.25, 0.3) is 0 Å². The number of hydrogen-bond acceptors (Lipinski definition) is 1. The lowest BCUT2D eigenvalue weighted by atomic mass is 10.2. The fourth-order valence-electron chi connectivity index (χ4n) is 0.722. The zero-order valence-corrected chi connectivity index (χ0v) is 8.82. The van der Waals surface area contributed by atoms with Crippen molar-refractivity contribution < 1.29 is 4.79 Å². The predicted octanol–water partition coefficient (Wildman–Crippen LogP) is 1.94. The highest BCUT2D eigenvalue weighted by Crippen LogP contribution is 2.19. The van der Waals surface area contributed by atoms with Crippen molar-refractivity contribution in [1.82, 2.24) is 0 Å². The van der Waals surface area contributed by atoms with Gasteiger partial charge in [-0.05, 0) is 34.1 Å². The van der Waals surface area contributed by atoms with Gasteiger partial charge < -0.3 is 5.73 Å². The van der Waals surface area contributed by atoms with Gasteiger partial charge >= 0.3 is 0 Å². The van der Waals surface area contributed by atoms with Crippen LogP contribution in [0.5, 0.6) is 0 Å². The molecule has 1 aromatic carbocycles. The Labute approximate surface area is 89.2 Å². The van der Waals surface area contributed by atoms with Gasteiger partial charge in [0.25, 0.3) is 5.91 Å². The first-order valence-corrected chi connectivity index (χ1v) is 4.53. The second-order valence-electron chi connectivity index (χ2n) is 2.24. The van der Waals surface area contributed by atoms with E-state index in [0.29, 0.717) is 10.6 Å². The molecule has 0 unspecified atom stereocenters. The van der Waals surface area contributed by atoms with Gasteiger partial charge in [-0.2, -0.15) is 0 Å². The van der Waals surface area contributed by atoms with E-state index in [9.17, 15) is 4.79 Å². The molecule has 0 saturated heterocycles. The van der Waals surface area contributed by atoms with Crippen LogP contribution < -0.4 is 5.73 Å². The van der Waals surface area contributed by atoms with Crippen LogP contribution in [0.2, 0.25) is 5.02 Å². The molecule has 2 N–H and O–H groups in total. The van der Waals surface area contributed by atoms with E-state index in [2.05, 4.69) is 27.8 Å². The van der Waals surface area contributed by atoms with E-state index in [1.54, 1.807) is 18.2 Å². The summed E-state index contributed by atoms with van der Waals surface area (Å²) < 4.78 is 0.783. The van der Waals surface area contributed by atoms with Crippen LogP contribution in [-0.4, -0.2) is 5.91 Å². The van der Waals surface area contributed by atoms with E-state index in [1.807, 2.05) is 0 Å². The first-order chi connectivity index (χ1) is 6.09. The molecule has 0 aliphatic carbocycles. The van der Waals surface area contributed by atoms with Gasteiger partial charge in [0.2, 0.25) is 0 Å². The Kier molecular flexibility index (Phi) is 3.35. The number of halogens is 2. The average molecular weight is 259 g/mol. The normalized spacial score (nSPS) is 8.77. The SMILES string of the molecule is NC(=O)C#Cc1cc(Cl)ccc1Br. The molecule has 0 aromatic heterocycles. The van der Waals surface area contributed by atoms with Crippen LogP contribution in [-0.2, 0) is 4.79 Å². The van der Waals surface area contributed by atoms with Crippen molar-refractivity contribution in [3.8, 4) is 11.8 Å². The number of nitrogens with two attached hydrogens (primary N) is 1. The fourth-order valence-corrected chi connectivity index (χ4v) is 1.24. The molecule has 1 rings (SSSR count). The number of carbonyl (C=O) groups is 1. The number of benzene rings is 1. The van der Waals surface area contributed by atoms with Crippen molar-refractivity contribution in [2.45, 2.75) is 0 Å². The zero-order valence-electron chi connectivity index (χ0n) is 6.47. The third-order valence-corrected chi connectivity index (χ3v) is 2.18. The first-order valence-electron chi connectivity index (χ1n) is 3.36. The van der Waals surface area contributed by atoms with Gasteiger partial charge in [-0.25, -0.2) is 0 Å². The lowest BCUT2D eigenvalue weighted by molar-refractivity contribution is -0.112.